The summed E-state index contributed by atoms with van der Waals surface area (Å²) < 4.78 is 70.2. The number of hydrogen-bond acceptors (Lipinski definition) is 3. The first kappa shape index (κ1) is 15.8. The number of ether oxygens (including phenoxy) is 1. The molecule has 1 aromatic rings. The van der Waals surface area contributed by atoms with Crippen molar-refractivity contribution in [1.29, 1.82) is 0 Å². The van der Waals surface area contributed by atoms with Crippen molar-refractivity contribution < 1.29 is 26.3 Å². The van der Waals surface area contributed by atoms with Crippen LogP contribution in [-0.2, 0) is 20.9 Å². The SMILES string of the molecule is O=S(=O)(c1c[nH]c(C(F)(F)F)c1)N1CCO[C@H]2CCCC[C@H]21. The van der Waals surface area contributed by atoms with Crippen molar-refractivity contribution >= 4 is 10.0 Å². The van der Waals surface area contributed by atoms with E-state index in [0.717, 1.165) is 25.5 Å². The first-order chi connectivity index (χ1) is 10.3. The highest BCUT2D eigenvalue weighted by Gasteiger charge is 2.42. The van der Waals surface area contributed by atoms with Gasteiger partial charge in [-0.3, -0.25) is 0 Å². The van der Waals surface area contributed by atoms with Gasteiger partial charge in [0.25, 0.3) is 0 Å². The number of aromatic amines is 1. The molecule has 0 amide bonds. The maximum atomic E-state index is 12.7. The molecule has 2 aliphatic rings. The third-order valence-corrected chi connectivity index (χ3v) is 6.15. The van der Waals surface area contributed by atoms with Crippen LogP contribution in [0.1, 0.15) is 31.4 Å². The van der Waals surface area contributed by atoms with Gasteiger partial charge in [0.2, 0.25) is 10.0 Å². The number of aromatic nitrogens is 1. The van der Waals surface area contributed by atoms with Gasteiger partial charge in [-0.25, -0.2) is 8.42 Å². The Morgan fingerprint density at radius 1 is 1.27 bits per heavy atom. The number of nitrogens with one attached hydrogen (secondary N) is 1. The molecule has 5 nitrogen and oxygen atoms in total. The van der Waals surface area contributed by atoms with Gasteiger partial charge in [-0.05, 0) is 18.9 Å². The Kier molecular flexibility index (Phi) is 3.98. The lowest BCUT2D eigenvalue weighted by Gasteiger charge is -2.42. The maximum Gasteiger partial charge on any atom is 0.431 e. The number of morpholine rings is 1. The Bertz CT molecular complexity index is 639. The van der Waals surface area contributed by atoms with Crippen molar-refractivity contribution in [3.8, 4) is 0 Å². The molecule has 124 valence electrons. The number of hydrogen-bond donors (Lipinski definition) is 1. The molecule has 0 spiro atoms. The molecule has 1 saturated carbocycles. The van der Waals surface area contributed by atoms with Gasteiger partial charge >= 0.3 is 6.18 Å². The van der Waals surface area contributed by atoms with Crippen LogP contribution in [0.3, 0.4) is 0 Å². The fraction of sp³-hybridized carbons (Fsp3) is 0.692. The topological polar surface area (TPSA) is 62.4 Å². The molecule has 1 aliphatic heterocycles. The average molecular weight is 338 g/mol. The summed E-state index contributed by atoms with van der Waals surface area (Å²) in [6, 6.07) is 0.375. The van der Waals surface area contributed by atoms with Crippen molar-refractivity contribution in [3.05, 3.63) is 18.0 Å². The van der Waals surface area contributed by atoms with Gasteiger partial charge in [-0.2, -0.15) is 17.5 Å². The van der Waals surface area contributed by atoms with Crippen LogP contribution in [0.25, 0.3) is 0 Å². The second kappa shape index (κ2) is 5.54. The summed E-state index contributed by atoms with van der Waals surface area (Å²) in [7, 11) is -3.95. The Hall–Kier alpha value is -1.06. The molecule has 2 fully saturated rings. The fourth-order valence-corrected chi connectivity index (χ4v) is 4.84. The van der Waals surface area contributed by atoms with E-state index < -0.39 is 21.9 Å². The summed E-state index contributed by atoms with van der Waals surface area (Å²) in [4.78, 5) is 1.66. The number of H-pyrrole nitrogens is 1. The highest BCUT2D eigenvalue weighted by molar-refractivity contribution is 7.89. The molecule has 1 N–H and O–H groups in total. The van der Waals surface area contributed by atoms with E-state index in [-0.39, 0.29) is 30.2 Å². The van der Waals surface area contributed by atoms with Crippen LogP contribution in [0.2, 0.25) is 0 Å². The molecule has 0 bridgehead atoms. The largest absolute Gasteiger partial charge is 0.431 e. The third kappa shape index (κ3) is 2.77. The number of halogens is 3. The minimum Gasteiger partial charge on any atom is -0.375 e. The van der Waals surface area contributed by atoms with Crippen molar-refractivity contribution in [2.24, 2.45) is 0 Å². The number of sulfonamides is 1. The Balaban J connectivity index is 1.90. The summed E-state index contributed by atoms with van der Waals surface area (Å²) >= 11 is 0. The predicted molar refractivity (Wildman–Crippen MR) is 71.7 cm³/mol. The van der Waals surface area contributed by atoms with Crippen molar-refractivity contribution in [1.82, 2.24) is 9.29 Å². The number of nitrogens with zero attached hydrogens (tertiary/aromatic N) is 1. The highest BCUT2D eigenvalue weighted by atomic mass is 32.2. The lowest BCUT2D eigenvalue weighted by Crippen LogP contribution is -2.54. The Morgan fingerprint density at radius 3 is 2.68 bits per heavy atom. The molecule has 3 rings (SSSR count). The van der Waals surface area contributed by atoms with Crippen molar-refractivity contribution in [3.63, 3.8) is 0 Å². The predicted octanol–water partition coefficient (Wildman–Crippen LogP) is 2.37. The molecule has 0 radical (unpaired) electrons. The summed E-state index contributed by atoms with van der Waals surface area (Å²) in [6.07, 6.45) is -0.483. The second-order valence-electron chi connectivity index (χ2n) is 5.62. The van der Waals surface area contributed by atoms with E-state index in [2.05, 4.69) is 0 Å². The molecule has 9 heteroatoms. The van der Waals surface area contributed by atoms with Gasteiger partial charge in [0.05, 0.1) is 18.8 Å². The highest BCUT2D eigenvalue weighted by Crippen LogP contribution is 2.34. The third-order valence-electron chi connectivity index (χ3n) is 4.25. The molecule has 1 aromatic heterocycles. The van der Waals surface area contributed by atoms with Crippen LogP contribution in [0.5, 0.6) is 0 Å². The van der Waals surface area contributed by atoms with Crippen LogP contribution < -0.4 is 0 Å². The Morgan fingerprint density at radius 2 is 2.00 bits per heavy atom. The standard InChI is InChI=1S/C13H17F3N2O3S/c14-13(15,16)12-7-9(8-17-12)22(19,20)18-5-6-21-11-4-2-1-3-10(11)18/h7-8,10-11,17H,1-6H2/t10-,11+/m1/s1. The Labute approximate surface area is 126 Å². The number of alkyl halides is 3. The molecule has 2 heterocycles. The summed E-state index contributed by atoms with van der Waals surface area (Å²) in [5, 5.41) is 0. The van der Waals surface area contributed by atoms with Crippen molar-refractivity contribution in [2.45, 2.75) is 48.9 Å². The smallest absolute Gasteiger partial charge is 0.375 e. The summed E-state index contributed by atoms with van der Waals surface area (Å²) in [5.74, 6) is 0. The quantitative estimate of drug-likeness (QED) is 0.900. The molecule has 0 aromatic carbocycles. The van der Waals surface area contributed by atoms with E-state index in [4.69, 9.17) is 4.74 Å². The molecule has 1 saturated heterocycles. The van der Waals surface area contributed by atoms with Gasteiger partial charge in [-0.1, -0.05) is 12.8 Å². The van der Waals surface area contributed by atoms with Gasteiger partial charge in [-0.15, -0.1) is 0 Å². The molecule has 0 unspecified atom stereocenters. The average Bonchev–Trinajstić information content (AvgIpc) is 2.97. The number of fused-ring (bicyclic) bond motifs is 1. The molecule has 22 heavy (non-hydrogen) atoms. The minimum atomic E-state index is -4.59. The first-order valence-electron chi connectivity index (χ1n) is 7.19. The lowest BCUT2D eigenvalue weighted by molar-refractivity contribution is -0.140. The van der Waals surface area contributed by atoms with E-state index in [1.54, 1.807) is 0 Å². The van der Waals surface area contributed by atoms with E-state index in [0.29, 0.717) is 12.5 Å². The van der Waals surface area contributed by atoms with E-state index in [1.165, 1.54) is 4.31 Å². The first-order valence-corrected chi connectivity index (χ1v) is 8.63. The molecular formula is C13H17F3N2O3S. The normalized spacial score (nSPS) is 27.6. The second-order valence-corrected chi connectivity index (χ2v) is 7.51. The minimum absolute atomic E-state index is 0.154. The van der Waals surface area contributed by atoms with Gasteiger partial charge < -0.3 is 9.72 Å². The van der Waals surface area contributed by atoms with Crippen LogP contribution in [0.4, 0.5) is 13.2 Å². The van der Waals surface area contributed by atoms with Crippen LogP contribution in [0, 0.1) is 0 Å². The monoisotopic (exact) mass is 338 g/mol. The zero-order valence-corrected chi connectivity index (χ0v) is 12.6. The molecular weight excluding hydrogens is 321 g/mol. The van der Waals surface area contributed by atoms with E-state index in [1.807, 2.05) is 4.98 Å². The van der Waals surface area contributed by atoms with Gasteiger partial charge in [0, 0.05) is 12.7 Å². The van der Waals surface area contributed by atoms with Crippen LogP contribution >= 0.6 is 0 Å². The summed E-state index contributed by atoms with van der Waals surface area (Å²) in [5.41, 5.74) is -1.06. The molecule has 1 aliphatic carbocycles. The molecule has 2 atom stereocenters. The van der Waals surface area contributed by atoms with Crippen LogP contribution in [-0.4, -0.2) is 43.0 Å². The van der Waals surface area contributed by atoms with Gasteiger partial charge in [0.1, 0.15) is 10.6 Å². The van der Waals surface area contributed by atoms with Crippen LogP contribution in [0.15, 0.2) is 17.2 Å². The zero-order valence-electron chi connectivity index (χ0n) is 11.8. The fourth-order valence-electron chi connectivity index (χ4n) is 3.18. The maximum absolute atomic E-state index is 12.7. The van der Waals surface area contributed by atoms with Gasteiger partial charge in [0.15, 0.2) is 0 Å². The van der Waals surface area contributed by atoms with Crippen molar-refractivity contribution in [2.75, 3.05) is 13.2 Å². The lowest BCUT2D eigenvalue weighted by atomic mass is 9.91. The van der Waals surface area contributed by atoms with E-state index in [9.17, 15) is 21.6 Å². The van der Waals surface area contributed by atoms with E-state index >= 15 is 0 Å². The number of rotatable bonds is 2. The summed E-state index contributed by atoms with van der Waals surface area (Å²) in [6.45, 7) is 0.451. The zero-order chi connectivity index (χ0) is 16.0.